The molecule has 0 aliphatic carbocycles. The molecule has 0 saturated carbocycles. The molecule has 6 nitrogen and oxygen atoms in total. The smallest absolute Gasteiger partial charge is 0.338 e. The maximum atomic E-state index is 11.2. The molecule has 0 aliphatic heterocycles. The number of hydrogen-bond acceptors (Lipinski definition) is 5. The van der Waals surface area contributed by atoms with Crippen LogP contribution in [0.25, 0.3) is 0 Å². The van der Waals surface area contributed by atoms with Crippen molar-refractivity contribution in [2.24, 2.45) is 0 Å². The zero-order valence-electron chi connectivity index (χ0n) is 8.43. The maximum absolute atomic E-state index is 11.2. The molecule has 16 heavy (non-hydrogen) atoms. The lowest BCUT2D eigenvalue weighted by Crippen LogP contribution is -2.08. The van der Waals surface area contributed by atoms with Gasteiger partial charge in [0.05, 0.1) is 24.8 Å². The normalized spacial score (nSPS) is 9.25. The molecule has 0 amide bonds. The van der Waals surface area contributed by atoms with Crippen LogP contribution in [0.5, 0.6) is 0 Å². The summed E-state index contributed by atoms with van der Waals surface area (Å²) in [6, 6.07) is 4.29. The summed E-state index contributed by atoms with van der Waals surface area (Å²) in [6.07, 6.45) is -0.348. The van der Waals surface area contributed by atoms with E-state index in [-0.39, 0.29) is 23.4 Å². The molecular formula is C10H8N2O4. The van der Waals surface area contributed by atoms with E-state index in [1.54, 1.807) is 6.07 Å². The summed E-state index contributed by atoms with van der Waals surface area (Å²) in [6.45, 7) is 0. The number of aliphatic carboxylic acids is 1. The van der Waals surface area contributed by atoms with E-state index in [2.05, 4.69) is 9.72 Å². The zero-order valence-corrected chi connectivity index (χ0v) is 8.43. The van der Waals surface area contributed by atoms with Crippen molar-refractivity contribution in [3.63, 3.8) is 0 Å². The van der Waals surface area contributed by atoms with Gasteiger partial charge in [-0.1, -0.05) is 0 Å². The number of ether oxygens (including phenoxy) is 1. The van der Waals surface area contributed by atoms with Gasteiger partial charge >= 0.3 is 11.9 Å². The van der Waals surface area contributed by atoms with E-state index in [4.69, 9.17) is 10.4 Å². The molecule has 0 unspecified atom stereocenters. The van der Waals surface area contributed by atoms with Crippen LogP contribution in [0.3, 0.4) is 0 Å². The first-order chi connectivity index (χ1) is 7.56. The highest BCUT2D eigenvalue weighted by atomic mass is 16.5. The van der Waals surface area contributed by atoms with Gasteiger partial charge in [-0.05, 0) is 12.1 Å². The number of esters is 1. The molecule has 1 aromatic heterocycles. The summed E-state index contributed by atoms with van der Waals surface area (Å²) in [5.74, 6) is -1.72. The largest absolute Gasteiger partial charge is 0.481 e. The molecule has 1 aromatic rings. The lowest BCUT2D eigenvalue weighted by molar-refractivity contribution is -0.136. The first-order valence-corrected chi connectivity index (χ1v) is 4.28. The van der Waals surface area contributed by atoms with Crippen LogP contribution in [0.2, 0.25) is 0 Å². The quantitative estimate of drug-likeness (QED) is 0.738. The van der Waals surface area contributed by atoms with Crippen molar-refractivity contribution in [2.75, 3.05) is 7.11 Å². The van der Waals surface area contributed by atoms with E-state index in [9.17, 15) is 9.59 Å². The second-order valence-corrected chi connectivity index (χ2v) is 2.91. The Hall–Kier alpha value is -2.42. The van der Waals surface area contributed by atoms with Crippen LogP contribution in [0.1, 0.15) is 21.7 Å². The van der Waals surface area contributed by atoms with Gasteiger partial charge in [0.15, 0.2) is 0 Å². The Bertz CT molecular complexity index is 476. The Labute approximate surface area is 91.1 Å². The van der Waals surface area contributed by atoms with Gasteiger partial charge in [-0.2, -0.15) is 5.26 Å². The fourth-order valence-electron chi connectivity index (χ4n) is 1.13. The number of methoxy groups -OCH3 is 1. The highest BCUT2D eigenvalue weighted by Gasteiger charge is 2.11. The van der Waals surface area contributed by atoms with Gasteiger partial charge in [0.25, 0.3) is 0 Å². The van der Waals surface area contributed by atoms with Crippen LogP contribution in [0, 0.1) is 11.3 Å². The molecule has 6 heteroatoms. The van der Waals surface area contributed by atoms with Crippen LogP contribution in [-0.4, -0.2) is 29.1 Å². The van der Waals surface area contributed by atoms with Gasteiger partial charge in [0, 0.05) is 0 Å². The molecule has 0 spiro atoms. The summed E-state index contributed by atoms with van der Waals surface area (Å²) in [7, 11) is 1.20. The third kappa shape index (κ3) is 2.78. The summed E-state index contributed by atoms with van der Waals surface area (Å²) >= 11 is 0. The van der Waals surface area contributed by atoms with Crippen molar-refractivity contribution in [1.82, 2.24) is 4.98 Å². The van der Waals surface area contributed by atoms with E-state index in [0.717, 1.165) is 0 Å². The molecular weight excluding hydrogens is 212 g/mol. The molecule has 0 saturated heterocycles. The van der Waals surface area contributed by atoms with Crippen molar-refractivity contribution >= 4 is 11.9 Å². The maximum Gasteiger partial charge on any atom is 0.338 e. The van der Waals surface area contributed by atoms with Crippen molar-refractivity contribution in [3.8, 4) is 6.07 Å². The van der Waals surface area contributed by atoms with Gasteiger partial charge in [0.2, 0.25) is 0 Å². The lowest BCUT2D eigenvalue weighted by Gasteiger charge is -2.02. The molecule has 1 rings (SSSR count). The van der Waals surface area contributed by atoms with Crippen LogP contribution >= 0.6 is 0 Å². The number of carbonyl (C=O) groups excluding carboxylic acids is 1. The fourth-order valence-corrected chi connectivity index (χ4v) is 1.13. The minimum atomic E-state index is -1.08. The Morgan fingerprint density at radius 3 is 2.75 bits per heavy atom. The fraction of sp³-hybridized carbons (Fsp3) is 0.200. The van der Waals surface area contributed by atoms with E-state index >= 15 is 0 Å². The molecule has 82 valence electrons. The molecule has 0 fully saturated rings. The van der Waals surface area contributed by atoms with Crippen LogP contribution in [0.4, 0.5) is 0 Å². The summed E-state index contributed by atoms with van der Waals surface area (Å²) in [5.41, 5.74) is 0.247. The number of aromatic nitrogens is 1. The standard InChI is InChI=1S/C10H8N2O4/c1-16-10(15)6-2-7(4-9(13)14)12-8(3-6)5-11/h2-3H,4H2,1H3,(H,13,14). The van der Waals surface area contributed by atoms with Gasteiger partial charge in [-0.15, -0.1) is 0 Å². The van der Waals surface area contributed by atoms with Crippen molar-refractivity contribution in [1.29, 1.82) is 5.26 Å². The first-order valence-electron chi connectivity index (χ1n) is 4.28. The molecule has 0 bridgehead atoms. The predicted octanol–water partition coefficient (Wildman–Crippen LogP) is 0.367. The Balaban J connectivity index is 3.16. The van der Waals surface area contributed by atoms with E-state index in [1.807, 2.05) is 0 Å². The Kier molecular flexibility index (Phi) is 3.56. The highest BCUT2D eigenvalue weighted by molar-refractivity contribution is 5.89. The van der Waals surface area contributed by atoms with Crippen LogP contribution in [0.15, 0.2) is 12.1 Å². The highest BCUT2D eigenvalue weighted by Crippen LogP contribution is 2.08. The van der Waals surface area contributed by atoms with Crippen molar-refractivity contribution in [2.45, 2.75) is 6.42 Å². The molecule has 0 aliphatic rings. The summed E-state index contributed by atoms with van der Waals surface area (Å²) in [4.78, 5) is 25.5. The second-order valence-electron chi connectivity index (χ2n) is 2.91. The number of pyridine rings is 1. The minimum absolute atomic E-state index is 0.0147. The number of nitriles is 1. The second kappa shape index (κ2) is 4.89. The number of carbonyl (C=O) groups is 2. The van der Waals surface area contributed by atoms with Gasteiger partial charge in [0.1, 0.15) is 11.8 Å². The third-order valence-corrected chi connectivity index (χ3v) is 1.75. The van der Waals surface area contributed by atoms with E-state index < -0.39 is 11.9 Å². The molecule has 0 radical (unpaired) electrons. The van der Waals surface area contributed by atoms with Crippen LogP contribution < -0.4 is 0 Å². The zero-order chi connectivity index (χ0) is 12.1. The summed E-state index contributed by atoms with van der Waals surface area (Å²) in [5, 5.41) is 17.2. The Morgan fingerprint density at radius 2 is 2.25 bits per heavy atom. The number of nitrogens with zero attached hydrogens (tertiary/aromatic N) is 2. The topological polar surface area (TPSA) is 100 Å². The predicted molar refractivity (Wildman–Crippen MR) is 51.6 cm³/mol. The Morgan fingerprint density at radius 1 is 1.56 bits per heavy atom. The number of carboxylic acids is 1. The van der Waals surface area contributed by atoms with Crippen LogP contribution in [-0.2, 0) is 16.0 Å². The average Bonchev–Trinajstić information content (AvgIpc) is 2.26. The average molecular weight is 220 g/mol. The SMILES string of the molecule is COC(=O)c1cc(C#N)nc(CC(=O)O)c1. The molecule has 1 heterocycles. The third-order valence-electron chi connectivity index (χ3n) is 1.75. The van der Waals surface area contributed by atoms with Crippen molar-refractivity contribution in [3.05, 3.63) is 29.1 Å². The molecule has 0 atom stereocenters. The van der Waals surface area contributed by atoms with Gasteiger partial charge < -0.3 is 9.84 Å². The number of carboxylic acid groups (broad SMARTS) is 1. The monoisotopic (exact) mass is 220 g/mol. The molecule has 1 N–H and O–H groups in total. The number of rotatable bonds is 3. The first kappa shape index (κ1) is 11.7. The van der Waals surface area contributed by atoms with Crippen molar-refractivity contribution < 1.29 is 19.4 Å². The van der Waals surface area contributed by atoms with E-state index in [1.165, 1.54) is 19.2 Å². The van der Waals surface area contributed by atoms with Gasteiger partial charge in [-0.3, -0.25) is 4.79 Å². The number of hydrogen-bond donors (Lipinski definition) is 1. The summed E-state index contributed by atoms with van der Waals surface area (Å²) < 4.78 is 4.47. The minimum Gasteiger partial charge on any atom is -0.481 e. The lowest BCUT2D eigenvalue weighted by atomic mass is 10.1. The molecule has 0 aromatic carbocycles. The van der Waals surface area contributed by atoms with E-state index in [0.29, 0.717) is 0 Å². The van der Waals surface area contributed by atoms with Gasteiger partial charge in [-0.25, -0.2) is 9.78 Å².